The van der Waals surface area contributed by atoms with Gasteiger partial charge in [-0.05, 0) is 0 Å². The molecule has 0 aromatic rings. The standard InChI is InChI=1S/C5H10O5/c6-1-2-3(7)4(8)5(9)10-2/h2-9H,1H2/t2-,3-,4-,5?/m1/s1/i1D2,2D,3D,4D. The van der Waals surface area contributed by atoms with Crippen molar-refractivity contribution < 1.29 is 32.0 Å². The third-order valence-corrected chi connectivity index (χ3v) is 1.02. The van der Waals surface area contributed by atoms with Crippen LogP contribution in [0.3, 0.4) is 0 Å². The fourth-order valence-corrected chi connectivity index (χ4v) is 0.536. The van der Waals surface area contributed by atoms with E-state index in [1.165, 1.54) is 0 Å². The molecule has 0 radical (unpaired) electrons. The van der Waals surface area contributed by atoms with E-state index in [0.29, 0.717) is 0 Å². The van der Waals surface area contributed by atoms with Crippen LogP contribution in [0, 0.1) is 0 Å². The van der Waals surface area contributed by atoms with Crippen molar-refractivity contribution >= 4 is 0 Å². The molecule has 1 aliphatic heterocycles. The number of hydrogen-bond acceptors (Lipinski definition) is 5. The lowest BCUT2D eigenvalue weighted by atomic mass is 10.1. The van der Waals surface area contributed by atoms with Crippen LogP contribution in [0.5, 0.6) is 0 Å². The molecule has 1 heterocycles. The van der Waals surface area contributed by atoms with Crippen LogP contribution in [0.25, 0.3) is 0 Å². The minimum Gasteiger partial charge on any atom is -0.394 e. The normalized spacial score (nSPS) is 78.8. The first kappa shape index (κ1) is 3.46. The highest BCUT2D eigenvalue weighted by Crippen LogP contribution is 2.18. The van der Waals surface area contributed by atoms with Crippen LogP contribution in [0.4, 0.5) is 0 Å². The first-order valence-electron chi connectivity index (χ1n) is 4.91. The zero-order valence-corrected chi connectivity index (χ0v) is 4.77. The molecule has 1 saturated heterocycles. The van der Waals surface area contributed by atoms with E-state index in [0.717, 1.165) is 0 Å². The summed E-state index contributed by atoms with van der Waals surface area (Å²) >= 11 is 0. The summed E-state index contributed by atoms with van der Waals surface area (Å²) in [5.41, 5.74) is 0. The van der Waals surface area contributed by atoms with Crippen LogP contribution in [-0.2, 0) is 4.74 Å². The number of hydrogen-bond donors (Lipinski definition) is 4. The van der Waals surface area contributed by atoms with Crippen molar-refractivity contribution in [1.82, 2.24) is 0 Å². The van der Waals surface area contributed by atoms with E-state index in [4.69, 9.17) is 22.2 Å². The Bertz CT molecular complexity index is 275. The quantitative estimate of drug-likeness (QED) is 0.334. The van der Waals surface area contributed by atoms with Gasteiger partial charge in [0.05, 0.1) is 13.4 Å². The lowest BCUT2D eigenvalue weighted by molar-refractivity contribution is -0.132. The summed E-state index contributed by atoms with van der Waals surface area (Å²) in [6, 6.07) is 0. The molecule has 1 fully saturated rings. The number of rotatable bonds is 1. The van der Waals surface area contributed by atoms with Crippen molar-refractivity contribution in [2.24, 2.45) is 0 Å². The summed E-state index contributed by atoms with van der Waals surface area (Å²) in [5.74, 6) is 0. The maximum atomic E-state index is 9.30. The minimum atomic E-state index is -3.56. The van der Waals surface area contributed by atoms with Crippen molar-refractivity contribution in [2.75, 3.05) is 6.56 Å². The van der Waals surface area contributed by atoms with Crippen LogP contribution in [0.2, 0.25) is 0 Å². The Morgan fingerprint density at radius 3 is 2.20 bits per heavy atom. The molecule has 4 atom stereocenters. The lowest BCUT2D eigenvalue weighted by Gasteiger charge is -2.09. The fraction of sp³-hybridized carbons (Fsp3) is 1.00. The first-order chi connectivity index (χ1) is 6.38. The molecule has 0 amide bonds. The van der Waals surface area contributed by atoms with E-state index in [9.17, 15) is 5.11 Å². The highest BCUT2D eigenvalue weighted by molar-refractivity contribution is 4.84. The van der Waals surface area contributed by atoms with Crippen LogP contribution in [0.1, 0.15) is 6.85 Å². The van der Waals surface area contributed by atoms with Crippen molar-refractivity contribution in [3.8, 4) is 0 Å². The van der Waals surface area contributed by atoms with Crippen molar-refractivity contribution in [2.45, 2.75) is 24.5 Å². The van der Waals surface area contributed by atoms with Gasteiger partial charge in [0.15, 0.2) is 6.29 Å². The van der Waals surface area contributed by atoms with Gasteiger partial charge in [0, 0.05) is 0 Å². The monoisotopic (exact) mass is 155 g/mol. The maximum absolute atomic E-state index is 9.30. The molecule has 5 nitrogen and oxygen atoms in total. The summed E-state index contributed by atoms with van der Waals surface area (Å²) in [7, 11) is 0. The Labute approximate surface area is 64.5 Å². The van der Waals surface area contributed by atoms with Crippen molar-refractivity contribution in [3.05, 3.63) is 0 Å². The van der Waals surface area contributed by atoms with Gasteiger partial charge < -0.3 is 25.2 Å². The summed E-state index contributed by atoms with van der Waals surface area (Å²) in [4.78, 5) is 0. The Hall–Kier alpha value is -0.200. The van der Waals surface area contributed by atoms with Gasteiger partial charge in [0.2, 0.25) is 0 Å². The number of aliphatic hydroxyl groups excluding tert-OH is 1. The second-order valence-corrected chi connectivity index (χ2v) is 1.64. The van der Waals surface area contributed by atoms with Crippen molar-refractivity contribution in [3.63, 3.8) is 0 Å². The van der Waals surface area contributed by atoms with Crippen LogP contribution in [-0.4, -0.2) is 51.5 Å². The van der Waals surface area contributed by atoms with Crippen LogP contribution >= 0.6 is 0 Å². The first-order valence-corrected chi connectivity index (χ1v) is 2.41. The minimum absolute atomic E-state index is 2.49. The number of aliphatic hydroxyl groups is 4. The van der Waals surface area contributed by atoms with Gasteiger partial charge in [-0.3, -0.25) is 0 Å². The molecule has 0 aliphatic carbocycles. The Morgan fingerprint density at radius 1 is 1.40 bits per heavy atom. The largest absolute Gasteiger partial charge is 0.394 e. The summed E-state index contributed by atoms with van der Waals surface area (Å²) in [6.07, 6.45) is -12.8. The third-order valence-electron chi connectivity index (χ3n) is 1.02. The molecule has 4 N–H and O–H groups in total. The molecule has 10 heavy (non-hydrogen) atoms. The van der Waals surface area contributed by atoms with E-state index in [-0.39, 0.29) is 0 Å². The molecule has 1 aliphatic rings. The van der Waals surface area contributed by atoms with Gasteiger partial charge >= 0.3 is 0 Å². The molecule has 1 unspecified atom stereocenters. The molecule has 0 spiro atoms. The maximum Gasteiger partial charge on any atom is 0.184 e. The fourth-order valence-electron chi connectivity index (χ4n) is 0.536. The predicted octanol–water partition coefficient (Wildman–Crippen LogP) is -2.58. The van der Waals surface area contributed by atoms with E-state index < -0.39 is 31.1 Å². The van der Waals surface area contributed by atoms with E-state index >= 15 is 0 Å². The average Bonchev–Trinajstić information content (AvgIpc) is 2.10. The Balaban J connectivity index is 3.28. The molecule has 0 aromatic heterocycles. The van der Waals surface area contributed by atoms with Gasteiger partial charge in [-0.15, -0.1) is 0 Å². The zero-order valence-electron chi connectivity index (χ0n) is 9.77. The van der Waals surface area contributed by atoms with E-state index in [2.05, 4.69) is 4.74 Å². The summed E-state index contributed by atoms with van der Waals surface area (Å²) in [6.45, 7) is -3.55. The van der Waals surface area contributed by atoms with Gasteiger partial charge in [-0.1, -0.05) is 0 Å². The second kappa shape index (κ2) is 2.81. The van der Waals surface area contributed by atoms with Crippen LogP contribution < -0.4 is 0 Å². The van der Waals surface area contributed by atoms with Crippen molar-refractivity contribution in [1.29, 1.82) is 0 Å². The molecular weight excluding hydrogens is 140 g/mol. The zero-order chi connectivity index (χ0) is 12.3. The van der Waals surface area contributed by atoms with E-state index in [1.54, 1.807) is 0 Å². The third kappa shape index (κ3) is 1.14. The molecule has 60 valence electrons. The molecule has 0 saturated carbocycles. The molecular formula is C5H10O5. The lowest BCUT2D eigenvalue weighted by Crippen LogP contribution is -2.33. The number of ether oxygens (including phenoxy) is 1. The van der Waals surface area contributed by atoms with Gasteiger partial charge in [0.1, 0.15) is 18.2 Å². The molecule has 0 bridgehead atoms. The van der Waals surface area contributed by atoms with Crippen LogP contribution in [0.15, 0.2) is 0 Å². The van der Waals surface area contributed by atoms with E-state index in [1.807, 2.05) is 0 Å². The highest BCUT2D eigenvalue weighted by atomic mass is 16.6. The second-order valence-electron chi connectivity index (χ2n) is 1.64. The highest BCUT2D eigenvalue weighted by Gasteiger charge is 2.41. The Morgan fingerprint density at radius 2 is 2.00 bits per heavy atom. The van der Waals surface area contributed by atoms with Gasteiger partial charge in [0.25, 0.3) is 0 Å². The van der Waals surface area contributed by atoms with Gasteiger partial charge in [-0.2, -0.15) is 0 Å². The Kier molecular flexibility index (Phi) is 0.974. The summed E-state index contributed by atoms with van der Waals surface area (Å²) in [5, 5.41) is 36.3. The summed E-state index contributed by atoms with van der Waals surface area (Å²) < 4.78 is 38.9. The smallest absolute Gasteiger partial charge is 0.184 e. The van der Waals surface area contributed by atoms with Gasteiger partial charge in [-0.25, -0.2) is 0 Å². The SMILES string of the molecule is [2H]C([2H])(O)[C@@]1([2H])OC(O)[C@]([2H])(O)[C@]1([2H])O. The average molecular weight is 155 g/mol. The molecule has 0 aromatic carbocycles. The topological polar surface area (TPSA) is 90.2 Å². The molecule has 1 rings (SSSR count). The molecule has 5 heteroatoms. The predicted molar refractivity (Wildman–Crippen MR) is 30.0 cm³/mol.